The molecule has 1 nitrogen and oxygen atoms in total. The third-order valence-electron chi connectivity index (χ3n) is 5.27. The van der Waals surface area contributed by atoms with Crippen LogP contribution in [0, 0.1) is 6.92 Å². The normalized spacial score (nSPS) is 12.8. The van der Waals surface area contributed by atoms with Crippen molar-refractivity contribution in [1.82, 2.24) is 0 Å². The average molecular weight is 330 g/mol. The van der Waals surface area contributed by atoms with Crippen molar-refractivity contribution in [3.63, 3.8) is 0 Å². The predicted molar refractivity (Wildman–Crippen MR) is 109 cm³/mol. The fourth-order valence-corrected chi connectivity index (χ4v) is 4.23. The Bertz CT molecular complexity index is 1100. The maximum atomic E-state index is 6.36. The zero-order valence-electron chi connectivity index (χ0n) is 16.0. The van der Waals surface area contributed by atoms with Crippen LogP contribution >= 0.6 is 0 Å². The van der Waals surface area contributed by atoms with Gasteiger partial charge in [-0.1, -0.05) is 58.9 Å². The highest BCUT2D eigenvalue weighted by atomic mass is 16.3. The van der Waals surface area contributed by atoms with Crippen molar-refractivity contribution in [3.8, 4) is 0 Å². The fraction of sp³-hybridized carbons (Fsp3) is 0.333. The Morgan fingerprint density at radius 1 is 0.880 bits per heavy atom. The molecule has 3 aromatic carbocycles. The van der Waals surface area contributed by atoms with Crippen LogP contribution in [0.5, 0.6) is 0 Å². The maximum Gasteiger partial charge on any atom is 0.138 e. The number of hydrogen-bond acceptors (Lipinski definition) is 1. The molecule has 1 aromatic heterocycles. The number of rotatable bonds is 1. The minimum atomic E-state index is 0.0988. The van der Waals surface area contributed by atoms with E-state index in [1.54, 1.807) is 0 Å². The third kappa shape index (κ3) is 2.45. The fourth-order valence-electron chi connectivity index (χ4n) is 4.23. The van der Waals surface area contributed by atoms with E-state index in [1.165, 1.54) is 38.2 Å². The van der Waals surface area contributed by atoms with Gasteiger partial charge in [-0.3, -0.25) is 0 Å². The molecule has 4 rings (SSSR count). The van der Waals surface area contributed by atoms with E-state index < -0.39 is 0 Å². The zero-order chi connectivity index (χ0) is 17.9. The predicted octanol–water partition coefficient (Wildman–Crippen LogP) is 7.47. The minimum Gasteiger partial charge on any atom is -0.456 e. The molecule has 0 atom stereocenters. The average Bonchev–Trinajstić information content (AvgIpc) is 2.89. The first-order chi connectivity index (χ1) is 11.8. The molecular weight excluding hydrogens is 304 g/mol. The van der Waals surface area contributed by atoms with Gasteiger partial charge in [0.25, 0.3) is 0 Å². The molecule has 4 aromatic rings. The summed E-state index contributed by atoms with van der Waals surface area (Å²) in [6.45, 7) is 13.7. The van der Waals surface area contributed by atoms with E-state index in [9.17, 15) is 0 Å². The summed E-state index contributed by atoms with van der Waals surface area (Å²) < 4.78 is 6.36. The van der Waals surface area contributed by atoms with Gasteiger partial charge >= 0.3 is 0 Å². The van der Waals surface area contributed by atoms with Crippen molar-refractivity contribution in [1.29, 1.82) is 0 Å². The Hall–Kier alpha value is -2.28. The van der Waals surface area contributed by atoms with Crippen molar-refractivity contribution in [2.24, 2.45) is 0 Å². The molecule has 0 saturated heterocycles. The van der Waals surface area contributed by atoms with Gasteiger partial charge in [0.2, 0.25) is 0 Å². The quantitative estimate of drug-likeness (QED) is 0.353. The van der Waals surface area contributed by atoms with Gasteiger partial charge < -0.3 is 4.42 Å². The van der Waals surface area contributed by atoms with Gasteiger partial charge in [0.1, 0.15) is 11.2 Å². The Balaban J connectivity index is 2.18. The van der Waals surface area contributed by atoms with Crippen molar-refractivity contribution in [2.45, 2.75) is 52.9 Å². The van der Waals surface area contributed by atoms with Crippen LogP contribution in [0.3, 0.4) is 0 Å². The molecule has 0 radical (unpaired) electrons. The van der Waals surface area contributed by atoms with Gasteiger partial charge in [-0.25, -0.2) is 0 Å². The summed E-state index contributed by atoms with van der Waals surface area (Å²) in [5.74, 6) is 0.489. The van der Waals surface area contributed by atoms with Crippen molar-refractivity contribution in [3.05, 3.63) is 59.2 Å². The van der Waals surface area contributed by atoms with E-state index in [4.69, 9.17) is 4.42 Å². The monoisotopic (exact) mass is 330 g/mol. The first-order valence-corrected chi connectivity index (χ1v) is 9.16. The molecule has 0 aliphatic rings. The van der Waals surface area contributed by atoms with Crippen LogP contribution in [0.1, 0.15) is 57.2 Å². The Morgan fingerprint density at radius 2 is 1.52 bits per heavy atom. The van der Waals surface area contributed by atoms with Crippen LogP contribution in [-0.2, 0) is 5.41 Å². The summed E-state index contributed by atoms with van der Waals surface area (Å²) >= 11 is 0. The SMILES string of the molecule is Cc1c(C(C)(C)C)c(C(C)C)cc2c1oc1cc3ccccc3cc12. The number of furan rings is 1. The molecule has 0 fully saturated rings. The Morgan fingerprint density at radius 3 is 2.12 bits per heavy atom. The lowest BCUT2D eigenvalue weighted by Crippen LogP contribution is -2.17. The third-order valence-corrected chi connectivity index (χ3v) is 5.27. The molecule has 0 N–H and O–H groups in total. The smallest absolute Gasteiger partial charge is 0.138 e. The van der Waals surface area contributed by atoms with Crippen molar-refractivity contribution >= 4 is 32.7 Å². The lowest BCUT2D eigenvalue weighted by molar-refractivity contribution is 0.570. The second kappa shape index (κ2) is 5.36. The molecule has 0 aliphatic heterocycles. The minimum absolute atomic E-state index is 0.0988. The summed E-state index contributed by atoms with van der Waals surface area (Å²) in [5.41, 5.74) is 6.28. The van der Waals surface area contributed by atoms with Gasteiger partial charge in [-0.15, -0.1) is 0 Å². The second-order valence-electron chi connectivity index (χ2n) is 8.54. The molecule has 1 heterocycles. The highest BCUT2D eigenvalue weighted by Crippen LogP contribution is 2.41. The standard InChI is InChI=1S/C24H26O/c1-14(2)18-13-20-19-11-16-9-7-8-10-17(16)12-21(19)25-23(20)15(3)22(18)24(4,5)6/h7-14H,1-6H3. The van der Waals surface area contributed by atoms with Crippen LogP contribution < -0.4 is 0 Å². The van der Waals surface area contributed by atoms with E-state index in [0.717, 1.165) is 11.2 Å². The van der Waals surface area contributed by atoms with E-state index >= 15 is 0 Å². The number of fused-ring (bicyclic) bond motifs is 4. The van der Waals surface area contributed by atoms with Gasteiger partial charge in [0.05, 0.1) is 0 Å². The lowest BCUT2D eigenvalue weighted by atomic mass is 9.77. The molecule has 25 heavy (non-hydrogen) atoms. The largest absolute Gasteiger partial charge is 0.456 e. The van der Waals surface area contributed by atoms with E-state index in [2.05, 4.69) is 84.0 Å². The summed E-state index contributed by atoms with van der Waals surface area (Å²) in [6, 6.07) is 15.3. The van der Waals surface area contributed by atoms with E-state index in [0.29, 0.717) is 5.92 Å². The maximum absolute atomic E-state index is 6.36. The van der Waals surface area contributed by atoms with Crippen LogP contribution in [0.25, 0.3) is 32.7 Å². The summed E-state index contributed by atoms with van der Waals surface area (Å²) in [5, 5.41) is 4.96. The van der Waals surface area contributed by atoms with Gasteiger partial charge in [-0.2, -0.15) is 0 Å². The highest BCUT2D eigenvalue weighted by Gasteiger charge is 2.25. The lowest BCUT2D eigenvalue weighted by Gasteiger charge is -2.27. The van der Waals surface area contributed by atoms with Crippen molar-refractivity contribution < 1.29 is 4.42 Å². The number of hydrogen-bond donors (Lipinski definition) is 0. The van der Waals surface area contributed by atoms with Gasteiger partial charge in [-0.05, 0) is 63.9 Å². The molecule has 0 saturated carbocycles. The molecule has 0 bridgehead atoms. The van der Waals surface area contributed by atoms with Crippen LogP contribution in [-0.4, -0.2) is 0 Å². The molecule has 0 amide bonds. The first kappa shape index (κ1) is 16.2. The molecular formula is C24H26O. The zero-order valence-corrected chi connectivity index (χ0v) is 16.0. The molecule has 1 heteroatoms. The first-order valence-electron chi connectivity index (χ1n) is 9.16. The van der Waals surface area contributed by atoms with Gasteiger partial charge in [0, 0.05) is 10.8 Å². The summed E-state index contributed by atoms with van der Waals surface area (Å²) in [7, 11) is 0. The highest BCUT2D eigenvalue weighted by molar-refractivity contribution is 6.11. The second-order valence-corrected chi connectivity index (χ2v) is 8.54. The van der Waals surface area contributed by atoms with Crippen LogP contribution in [0.2, 0.25) is 0 Å². The number of benzene rings is 3. The van der Waals surface area contributed by atoms with Gasteiger partial charge in [0.15, 0.2) is 0 Å². The number of aryl methyl sites for hydroxylation is 1. The molecule has 0 aliphatic carbocycles. The van der Waals surface area contributed by atoms with E-state index in [-0.39, 0.29) is 5.41 Å². The summed E-state index contributed by atoms with van der Waals surface area (Å²) in [6.07, 6.45) is 0. The summed E-state index contributed by atoms with van der Waals surface area (Å²) in [4.78, 5) is 0. The van der Waals surface area contributed by atoms with E-state index in [1.807, 2.05) is 0 Å². The topological polar surface area (TPSA) is 13.1 Å². The Labute approximate surface area is 149 Å². The van der Waals surface area contributed by atoms with Crippen LogP contribution in [0.4, 0.5) is 0 Å². The van der Waals surface area contributed by atoms with Crippen molar-refractivity contribution in [2.75, 3.05) is 0 Å². The van der Waals surface area contributed by atoms with Crippen LogP contribution in [0.15, 0.2) is 46.9 Å². The molecule has 0 unspecified atom stereocenters. The molecule has 0 spiro atoms. The Kier molecular flexibility index (Phi) is 3.47. The molecule has 128 valence electrons.